The molecule has 112 valence electrons. The van der Waals surface area contributed by atoms with Gasteiger partial charge in [0.2, 0.25) is 0 Å². The maximum Gasteiger partial charge on any atom is 0.0462 e. The van der Waals surface area contributed by atoms with Crippen LogP contribution in [0.3, 0.4) is 0 Å². The molecular formula is C16H32N2O. The topological polar surface area (TPSA) is 24.5 Å². The summed E-state index contributed by atoms with van der Waals surface area (Å²) in [5.41, 5.74) is 0. The average molecular weight is 268 g/mol. The van der Waals surface area contributed by atoms with Gasteiger partial charge in [-0.2, -0.15) is 0 Å². The third-order valence-corrected chi connectivity index (χ3v) is 4.54. The first-order chi connectivity index (χ1) is 9.20. The van der Waals surface area contributed by atoms with Crippen LogP contribution < -0.4 is 5.32 Å². The molecule has 3 nitrogen and oxygen atoms in total. The minimum absolute atomic E-state index is 0.748. The van der Waals surface area contributed by atoms with E-state index in [2.05, 4.69) is 24.1 Å². The average Bonchev–Trinajstić information content (AvgIpc) is 3.20. The van der Waals surface area contributed by atoms with Crippen LogP contribution in [0.1, 0.15) is 46.0 Å². The molecule has 0 spiro atoms. The molecule has 19 heavy (non-hydrogen) atoms. The Bertz CT molecular complexity index is 253. The van der Waals surface area contributed by atoms with E-state index in [4.69, 9.17) is 4.74 Å². The van der Waals surface area contributed by atoms with Gasteiger partial charge in [0.25, 0.3) is 0 Å². The maximum atomic E-state index is 5.16. The van der Waals surface area contributed by atoms with Crippen molar-refractivity contribution in [2.45, 2.75) is 58.0 Å². The van der Waals surface area contributed by atoms with Crippen molar-refractivity contribution in [1.29, 1.82) is 0 Å². The summed E-state index contributed by atoms with van der Waals surface area (Å²) < 4.78 is 5.16. The Morgan fingerprint density at radius 1 is 1.26 bits per heavy atom. The third-order valence-electron chi connectivity index (χ3n) is 4.54. The summed E-state index contributed by atoms with van der Waals surface area (Å²) in [6.07, 6.45) is 6.70. The van der Waals surface area contributed by atoms with Gasteiger partial charge in [-0.3, -0.25) is 4.90 Å². The second-order valence-corrected chi connectivity index (χ2v) is 6.83. The first kappa shape index (κ1) is 15.3. The molecule has 2 rings (SSSR count). The van der Waals surface area contributed by atoms with Crippen molar-refractivity contribution in [3.63, 3.8) is 0 Å². The highest BCUT2D eigenvalue weighted by molar-refractivity contribution is 4.94. The van der Waals surface area contributed by atoms with Crippen molar-refractivity contribution in [3.8, 4) is 0 Å². The van der Waals surface area contributed by atoms with Gasteiger partial charge >= 0.3 is 0 Å². The summed E-state index contributed by atoms with van der Waals surface area (Å²) in [5, 5.41) is 3.80. The van der Waals surface area contributed by atoms with Gasteiger partial charge in [-0.15, -0.1) is 0 Å². The standard InChI is InChI=1S/C16H32N2O/c1-13(2)10-15-11-17-16(14-6-7-14)12-18(15)8-4-5-9-19-3/h13-17H,4-12H2,1-3H3. The van der Waals surface area contributed by atoms with Crippen molar-refractivity contribution in [1.82, 2.24) is 10.2 Å². The van der Waals surface area contributed by atoms with Crippen LogP contribution in [0.5, 0.6) is 0 Å². The first-order valence-corrected chi connectivity index (χ1v) is 8.17. The monoisotopic (exact) mass is 268 g/mol. The molecule has 3 heteroatoms. The van der Waals surface area contributed by atoms with E-state index in [9.17, 15) is 0 Å². The fourth-order valence-electron chi connectivity index (χ4n) is 3.31. The van der Waals surface area contributed by atoms with Gasteiger partial charge in [-0.25, -0.2) is 0 Å². The van der Waals surface area contributed by atoms with Crippen molar-refractivity contribution >= 4 is 0 Å². The largest absolute Gasteiger partial charge is 0.385 e. The van der Waals surface area contributed by atoms with Crippen LogP contribution in [0.2, 0.25) is 0 Å². The fraction of sp³-hybridized carbons (Fsp3) is 1.00. The highest BCUT2D eigenvalue weighted by Gasteiger charge is 2.36. The zero-order valence-corrected chi connectivity index (χ0v) is 13.0. The van der Waals surface area contributed by atoms with Crippen LogP contribution in [0.4, 0.5) is 0 Å². The lowest BCUT2D eigenvalue weighted by Gasteiger charge is -2.41. The van der Waals surface area contributed by atoms with Gasteiger partial charge in [0.1, 0.15) is 0 Å². The Morgan fingerprint density at radius 3 is 2.68 bits per heavy atom. The number of rotatable bonds is 8. The van der Waals surface area contributed by atoms with Gasteiger partial charge in [0.15, 0.2) is 0 Å². The smallest absolute Gasteiger partial charge is 0.0462 e. The molecule has 2 aliphatic rings. The highest BCUT2D eigenvalue weighted by atomic mass is 16.5. The second-order valence-electron chi connectivity index (χ2n) is 6.83. The molecular weight excluding hydrogens is 236 g/mol. The lowest BCUT2D eigenvalue weighted by Crippen LogP contribution is -2.57. The summed E-state index contributed by atoms with van der Waals surface area (Å²) >= 11 is 0. The van der Waals surface area contributed by atoms with Crippen LogP contribution in [-0.4, -0.2) is 50.3 Å². The second kappa shape index (κ2) is 7.61. The molecule has 0 aromatic rings. The van der Waals surface area contributed by atoms with E-state index in [0.717, 1.165) is 30.5 Å². The highest BCUT2D eigenvalue weighted by Crippen LogP contribution is 2.34. The van der Waals surface area contributed by atoms with E-state index < -0.39 is 0 Å². The van der Waals surface area contributed by atoms with Crippen LogP contribution in [0.15, 0.2) is 0 Å². The SMILES string of the molecule is COCCCCN1CC(C2CC2)NCC1CC(C)C. The van der Waals surface area contributed by atoms with E-state index in [-0.39, 0.29) is 0 Å². The van der Waals surface area contributed by atoms with Gasteiger partial charge in [0, 0.05) is 38.9 Å². The molecule has 0 aromatic heterocycles. The minimum Gasteiger partial charge on any atom is -0.385 e. The minimum atomic E-state index is 0.748. The number of unbranched alkanes of at least 4 members (excludes halogenated alkanes) is 1. The quantitative estimate of drug-likeness (QED) is 0.685. The van der Waals surface area contributed by atoms with Crippen LogP contribution in [0.25, 0.3) is 0 Å². The maximum absolute atomic E-state index is 5.16. The zero-order chi connectivity index (χ0) is 13.7. The Balaban J connectivity index is 1.79. The van der Waals surface area contributed by atoms with Crippen molar-refractivity contribution in [2.24, 2.45) is 11.8 Å². The normalized spacial score (nSPS) is 29.1. The van der Waals surface area contributed by atoms with Gasteiger partial charge in [-0.1, -0.05) is 13.8 Å². The predicted molar refractivity (Wildman–Crippen MR) is 80.4 cm³/mol. The summed E-state index contributed by atoms with van der Waals surface area (Å²) in [4.78, 5) is 2.76. The van der Waals surface area contributed by atoms with Crippen LogP contribution in [0, 0.1) is 11.8 Å². The fourth-order valence-corrected chi connectivity index (χ4v) is 3.31. The molecule has 1 heterocycles. The van der Waals surface area contributed by atoms with Crippen LogP contribution in [-0.2, 0) is 4.74 Å². The molecule has 1 aliphatic heterocycles. The Morgan fingerprint density at radius 2 is 2.05 bits per heavy atom. The van der Waals surface area contributed by atoms with Gasteiger partial charge < -0.3 is 10.1 Å². The summed E-state index contributed by atoms with van der Waals surface area (Å²) in [6, 6.07) is 1.52. The van der Waals surface area contributed by atoms with Crippen LogP contribution >= 0.6 is 0 Å². The zero-order valence-electron chi connectivity index (χ0n) is 13.0. The molecule has 2 fully saturated rings. The lowest BCUT2D eigenvalue weighted by molar-refractivity contribution is 0.101. The molecule has 1 saturated carbocycles. The molecule has 1 aliphatic carbocycles. The number of hydrogen-bond donors (Lipinski definition) is 1. The molecule has 0 bridgehead atoms. The number of ether oxygens (including phenoxy) is 1. The predicted octanol–water partition coefficient (Wildman–Crippen LogP) is 2.51. The van der Waals surface area contributed by atoms with Crippen molar-refractivity contribution in [2.75, 3.05) is 33.4 Å². The van der Waals surface area contributed by atoms with E-state index in [0.29, 0.717) is 0 Å². The Hall–Kier alpha value is -0.120. The number of nitrogens with zero attached hydrogens (tertiary/aromatic N) is 1. The molecule has 2 atom stereocenters. The molecule has 0 amide bonds. The number of methoxy groups -OCH3 is 1. The van der Waals surface area contributed by atoms with E-state index in [1.165, 1.54) is 51.7 Å². The number of nitrogens with one attached hydrogen (secondary N) is 1. The van der Waals surface area contributed by atoms with E-state index >= 15 is 0 Å². The molecule has 2 unspecified atom stereocenters. The lowest BCUT2D eigenvalue weighted by atomic mass is 9.97. The Kier molecular flexibility index (Phi) is 6.11. The van der Waals surface area contributed by atoms with E-state index in [1.54, 1.807) is 7.11 Å². The van der Waals surface area contributed by atoms with E-state index in [1.807, 2.05) is 0 Å². The Labute approximate surface area is 119 Å². The molecule has 1 saturated heterocycles. The summed E-state index contributed by atoms with van der Waals surface area (Å²) in [7, 11) is 1.80. The first-order valence-electron chi connectivity index (χ1n) is 8.17. The van der Waals surface area contributed by atoms with Crippen molar-refractivity contribution in [3.05, 3.63) is 0 Å². The number of piperazine rings is 1. The van der Waals surface area contributed by atoms with Gasteiger partial charge in [-0.05, 0) is 50.5 Å². The number of hydrogen-bond acceptors (Lipinski definition) is 3. The third kappa shape index (κ3) is 5.05. The summed E-state index contributed by atoms with van der Waals surface area (Å²) in [6.45, 7) is 9.32. The molecule has 0 aromatic carbocycles. The summed E-state index contributed by atoms with van der Waals surface area (Å²) in [5.74, 6) is 1.77. The van der Waals surface area contributed by atoms with Crippen molar-refractivity contribution < 1.29 is 4.74 Å². The molecule has 0 radical (unpaired) electrons. The van der Waals surface area contributed by atoms with Gasteiger partial charge in [0.05, 0.1) is 0 Å². The molecule has 1 N–H and O–H groups in total.